The average molecular weight is 156 g/mol. The van der Waals surface area contributed by atoms with Crippen molar-refractivity contribution in [2.45, 2.75) is 31.9 Å². The topological polar surface area (TPSA) is 17.1 Å². The average Bonchev–Trinajstić information content (AvgIpc) is 1.54. The number of carbonyl (C=O) groups is 1. The third kappa shape index (κ3) is 1.87. The van der Waals surface area contributed by atoms with Crippen LogP contribution in [-0.2, 0) is 4.79 Å². The Kier molecular flexibility index (Phi) is 1.90. The maximum Gasteiger partial charge on any atom is 0.157 e. The lowest BCUT2D eigenvalue weighted by atomic mass is 10.1. The highest BCUT2D eigenvalue weighted by Crippen LogP contribution is 2.37. The van der Waals surface area contributed by atoms with Crippen molar-refractivity contribution in [3.05, 3.63) is 11.0 Å². The maximum atomic E-state index is 11.0. The van der Waals surface area contributed by atoms with Gasteiger partial charge in [0.05, 0.1) is 0 Å². The van der Waals surface area contributed by atoms with Gasteiger partial charge in [-0.05, 0) is 31.8 Å². The van der Waals surface area contributed by atoms with Crippen LogP contribution in [-0.4, -0.2) is 10.5 Å². The molecule has 10 heavy (non-hydrogen) atoms. The van der Waals surface area contributed by atoms with E-state index in [2.05, 4.69) is 13.8 Å². The molecule has 1 rings (SSSR count). The van der Waals surface area contributed by atoms with E-state index >= 15 is 0 Å². The van der Waals surface area contributed by atoms with Gasteiger partial charge in [0.2, 0.25) is 0 Å². The number of allylic oxidation sites excluding steroid dienone is 2. The van der Waals surface area contributed by atoms with Gasteiger partial charge in [-0.1, -0.05) is 0 Å². The Morgan fingerprint density at radius 1 is 1.60 bits per heavy atom. The van der Waals surface area contributed by atoms with Gasteiger partial charge in [0.1, 0.15) is 0 Å². The van der Waals surface area contributed by atoms with Gasteiger partial charge in [-0.25, -0.2) is 0 Å². The summed E-state index contributed by atoms with van der Waals surface area (Å²) in [5.41, 5.74) is 0. The first kappa shape index (κ1) is 7.86. The quantitative estimate of drug-likeness (QED) is 0.535. The van der Waals surface area contributed by atoms with Gasteiger partial charge in [-0.15, -0.1) is 11.8 Å². The molecular weight excluding hydrogens is 144 g/mol. The van der Waals surface area contributed by atoms with Crippen molar-refractivity contribution in [2.24, 2.45) is 0 Å². The van der Waals surface area contributed by atoms with E-state index in [0.717, 1.165) is 4.91 Å². The SMILES string of the molecule is CC1=CC(=O)CC(C)(C)S1. The summed E-state index contributed by atoms with van der Waals surface area (Å²) in [7, 11) is 0. The van der Waals surface area contributed by atoms with E-state index < -0.39 is 0 Å². The van der Waals surface area contributed by atoms with Crippen molar-refractivity contribution in [2.75, 3.05) is 0 Å². The number of hydrogen-bond donors (Lipinski definition) is 0. The van der Waals surface area contributed by atoms with E-state index in [4.69, 9.17) is 0 Å². The van der Waals surface area contributed by atoms with Crippen LogP contribution in [0, 0.1) is 0 Å². The highest BCUT2D eigenvalue weighted by molar-refractivity contribution is 8.04. The number of ketones is 1. The molecule has 0 fully saturated rings. The van der Waals surface area contributed by atoms with E-state index in [1.54, 1.807) is 17.8 Å². The van der Waals surface area contributed by atoms with Crippen LogP contribution in [0.5, 0.6) is 0 Å². The summed E-state index contributed by atoms with van der Waals surface area (Å²) in [4.78, 5) is 12.1. The highest BCUT2D eigenvalue weighted by Gasteiger charge is 2.26. The summed E-state index contributed by atoms with van der Waals surface area (Å²) in [5.74, 6) is 0.265. The van der Waals surface area contributed by atoms with Gasteiger partial charge >= 0.3 is 0 Å². The molecule has 0 saturated carbocycles. The lowest BCUT2D eigenvalue weighted by molar-refractivity contribution is -0.115. The molecule has 0 aliphatic carbocycles. The van der Waals surface area contributed by atoms with Gasteiger partial charge in [-0.3, -0.25) is 4.79 Å². The molecule has 56 valence electrons. The third-order valence-electron chi connectivity index (χ3n) is 1.40. The Morgan fingerprint density at radius 2 is 2.20 bits per heavy atom. The minimum Gasteiger partial charge on any atom is -0.295 e. The molecule has 0 atom stereocenters. The van der Waals surface area contributed by atoms with Crippen molar-refractivity contribution in [1.29, 1.82) is 0 Å². The number of thioether (sulfide) groups is 1. The molecule has 0 N–H and O–H groups in total. The number of hydrogen-bond acceptors (Lipinski definition) is 2. The summed E-state index contributed by atoms with van der Waals surface area (Å²) in [6.07, 6.45) is 2.41. The van der Waals surface area contributed by atoms with E-state index in [9.17, 15) is 4.79 Å². The van der Waals surface area contributed by atoms with Crippen molar-refractivity contribution in [1.82, 2.24) is 0 Å². The van der Waals surface area contributed by atoms with Crippen LogP contribution >= 0.6 is 11.8 Å². The molecule has 0 aromatic rings. The highest BCUT2D eigenvalue weighted by atomic mass is 32.2. The number of carbonyl (C=O) groups excluding carboxylic acids is 1. The molecule has 0 unspecified atom stereocenters. The molecule has 0 saturated heterocycles. The van der Waals surface area contributed by atoms with E-state index in [1.165, 1.54) is 0 Å². The van der Waals surface area contributed by atoms with Crippen molar-refractivity contribution in [3.63, 3.8) is 0 Å². The van der Waals surface area contributed by atoms with Gasteiger partial charge in [0, 0.05) is 11.2 Å². The van der Waals surface area contributed by atoms with Crippen LogP contribution < -0.4 is 0 Å². The van der Waals surface area contributed by atoms with Crippen LogP contribution in [0.4, 0.5) is 0 Å². The molecule has 1 heterocycles. The van der Waals surface area contributed by atoms with Crippen molar-refractivity contribution < 1.29 is 4.79 Å². The summed E-state index contributed by atoms with van der Waals surface area (Å²) >= 11 is 1.79. The normalized spacial score (nSPS) is 24.3. The predicted octanol–water partition coefficient (Wildman–Crippen LogP) is 2.37. The molecule has 0 aromatic heterocycles. The summed E-state index contributed by atoms with van der Waals surface area (Å²) < 4.78 is 0.121. The fourth-order valence-electron chi connectivity index (χ4n) is 1.20. The van der Waals surface area contributed by atoms with Gasteiger partial charge in [0.25, 0.3) is 0 Å². The second kappa shape index (κ2) is 2.42. The Labute approximate surface area is 65.9 Å². The Hall–Kier alpha value is -0.240. The lowest BCUT2D eigenvalue weighted by Gasteiger charge is -2.26. The van der Waals surface area contributed by atoms with Crippen LogP contribution in [0.15, 0.2) is 11.0 Å². The minimum absolute atomic E-state index is 0.121. The summed E-state index contributed by atoms with van der Waals surface area (Å²) in [5, 5.41) is 0. The molecule has 0 radical (unpaired) electrons. The molecular formula is C8H12OS. The molecule has 1 aliphatic rings. The first-order chi connectivity index (χ1) is 4.49. The maximum absolute atomic E-state index is 11.0. The first-order valence-electron chi connectivity index (χ1n) is 3.40. The zero-order chi connectivity index (χ0) is 7.78. The molecule has 0 spiro atoms. The van der Waals surface area contributed by atoms with Crippen LogP contribution in [0.3, 0.4) is 0 Å². The second-order valence-corrected chi connectivity index (χ2v) is 5.21. The molecule has 0 amide bonds. The van der Waals surface area contributed by atoms with Gasteiger partial charge in [0.15, 0.2) is 5.78 Å². The third-order valence-corrected chi connectivity index (χ3v) is 2.54. The molecule has 1 aliphatic heterocycles. The van der Waals surface area contributed by atoms with Gasteiger partial charge in [-0.2, -0.15) is 0 Å². The van der Waals surface area contributed by atoms with Crippen LogP contribution in [0.25, 0.3) is 0 Å². The van der Waals surface area contributed by atoms with E-state index in [1.807, 2.05) is 6.92 Å². The molecule has 0 aromatic carbocycles. The lowest BCUT2D eigenvalue weighted by Crippen LogP contribution is -2.22. The molecule has 1 nitrogen and oxygen atoms in total. The zero-order valence-corrected chi connectivity index (χ0v) is 7.42. The second-order valence-electron chi connectivity index (χ2n) is 3.26. The largest absolute Gasteiger partial charge is 0.295 e. The Bertz CT molecular complexity index is 191. The molecule has 0 bridgehead atoms. The summed E-state index contributed by atoms with van der Waals surface area (Å²) in [6, 6.07) is 0. The Morgan fingerprint density at radius 3 is 2.60 bits per heavy atom. The zero-order valence-electron chi connectivity index (χ0n) is 6.60. The number of rotatable bonds is 0. The fourth-order valence-corrected chi connectivity index (χ4v) is 2.48. The monoisotopic (exact) mass is 156 g/mol. The Balaban J connectivity index is 2.80. The van der Waals surface area contributed by atoms with Gasteiger partial charge < -0.3 is 0 Å². The van der Waals surface area contributed by atoms with E-state index in [0.29, 0.717) is 6.42 Å². The minimum atomic E-state index is 0.121. The van der Waals surface area contributed by atoms with Crippen molar-refractivity contribution >= 4 is 17.5 Å². The van der Waals surface area contributed by atoms with Crippen LogP contribution in [0.1, 0.15) is 27.2 Å². The standard InChI is InChI=1S/C8H12OS/c1-6-4-7(9)5-8(2,3)10-6/h4H,5H2,1-3H3. The van der Waals surface area contributed by atoms with Crippen molar-refractivity contribution in [3.8, 4) is 0 Å². The van der Waals surface area contributed by atoms with Crippen LogP contribution in [0.2, 0.25) is 0 Å². The smallest absolute Gasteiger partial charge is 0.157 e. The predicted molar refractivity (Wildman–Crippen MR) is 45.1 cm³/mol. The van der Waals surface area contributed by atoms with E-state index in [-0.39, 0.29) is 10.5 Å². The first-order valence-corrected chi connectivity index (χ1v) is 4.21. The molecule has 2 heteroatoms. The fraction of sp³-hybridized carbons (Fsp3) is 0.625. The summed E-state index contributed by atoms with van der Waals surface area (Å²) in [6.45, 7) is 6.20.